The van der Waals surface area contributed by atoms with Crippen LogP contribution in [0.15, 0.2) is 18.3 Å². The molecule has 2 aliphatic heterocycles. The monoisotopic (exact) mass is 331 g/mol. The van der Waals surface area contributed by atoms with Crippen molar-refractivity contribution >= 4 is 5.91 Å². The zero-order chi connectivity index (χ0) is 16.8. The summed E-state index contributed by atoms with van der Waals surface area (Å²) in [4.78, 5) is 22.0. The molecule has 24 heavy (non-hydrogen) atoms. The summed E-state index contributed by atoms with van der Waals surface area (Å²) in [6.07, 6.45) is 7.25. The summed E-state index contributed by atoms with van der Waals surface area (Å²) in [5, 5.41) is 0. The number of ether oxygens (including phenoxy) is 1. The Kier molecular flexibility index (Phi) is 6.21. The molecular formula is C19H29N3O2. The predicted octanol–water partition coefficient (Wildman–Crippen LogP) is 2.50. The first-order valence-corrected chi connectivity index (χ1v) is 9.28. The molecular weight excluding hydrogens is 302 g/mol. The summed E-state index contributed by atoms with van der Waals surface area (Å²) in [7, 11) is 0. The van der Waals surface area contributed by atoms with Crippen molar-refractivity contribution in [2.45, 2.75) is 45.1 Å². The quantitative estimate of drug-likeness (QED) is 0.803. The van der Waals surface area contributed by atoms with Crippen LogP contribution in [0.2, 0.25) is 0 Å². The molecule has 5 nitrogen and oxygen atoms in total. The molecule has 0 spiro atoms. The van der Waals surface area contributed by atoms with E-state index in [1.807, 2.05) is 19.1 Å². The van der Waals surface area contributed by atoms with Gasteiger partial charge < -0.3 is 14.5 Å². The van der Waals surface area contributed by atoms with E-state index in [-0.39, 0.29) is 11.9 Å². The summed E-state index contributed by atoms with van der Waals surface area (Å²) in [6.45, 7) is 7.80. The Morgan fingerprint density at radius 3 is 2.79 bits per heavy atom. The lowest BCUT2D eigenvalue weighted by Gasteiger charge is -2.35. The number of aromatic nitrogens is 1. The summed E-state index contributed by atoms with van der Waals surface area (Å²) < 4.78 is 5.48. The second-order valence-corrected chi connectivity index (χ2v) is 6.91. The third-order valence-electron chi connectivity index (χ3n) is 5.18. The highest BCUT2D eigenvalue weighted by Crippen LogP contribution is 2.19. The van der Waals surface area contributed by atoms with Crippen molar-refractivity contribution in [2.75, 3.05) is 39.4 Å². The van der Waals surface area contributed by atoms with Crippen LogP contribution in [-0.4, -0.2) is 66.1 Å². The van der Waals surface area contributed by atoms with E-state index >= 15 is 0 Å². The molecule has 5 heteroatoms. The van der Waals surface area contributed by atoms with E-state index in [9.17, 15) is 4.79 Å². The maximum Gasteiger partial charge on any atom is 0.272 e. The number of hydrogen-bond acceptors (Lipinski definition) is 4. The largest absolute Gasteiger partial charge is 0.381 e. The third-order valence-corrected chi connectivity index (χ3v) is 5.18. The first kappa shape index (κ1) is 17.4. The molecule has 0 bridgehead atoms. The Morgan fingerprint density at radius 2 is 2.08 bits per heavy atom. The zero-order valence-electron chi connectivity index (χ0n) is 14.7. The van der Waals surface area contributed by atoms with Gasteiger partial charge in [-0.05, 0) is 70.3 Å². The lowest BCUT2D eigenvalue weighted by atomic mass is 10.0. The Morgan fingerprint density at radius 1 is 1.33 bits per heavy atom. The number of carbonyl (C=O) groups is 1. The van der Waals surface area contributed by atoms with Gasteiger partial charge in [-0.25, -0.2) is 0 Å². The van der Waals surface area contributed by atoms with Crippen molar-refractivity contribution in [1.29, 1.82) is 0 Å². The fraction of sp³-hybridized carbons (Fsp3) is 0.684. The average Bonchev–Trinajstić information content (AvgIpc) is 3.13. The maximum atomic E-state index is 13.1. The summed E-state index contributed by atoms with van der Waals surface area (Å²) in [5.41, 5.74) is 1.56. The highest BCUT2D eigenvalue weighted by Gasteiger charge is 2.28. The van der Waals surface area contributed by atoms with Crippen molar-refractivity contribution in [3.8, 4) is 0 Å². The summed E-state index contributed by atoms with van der Waals surface area (Å²) in [5.74, 6) is 0.0846. The number of aryl methyl sites for hydroxylation is 1. The normalized spacial score (nSPS) is 19.5. The fourth-order valence-electron chi connectivity index (χ4n) is 3.76. The molecule has 1 aromatic heterocycles. The van der Waals surface area contributed by atoms with Gasteiger partial charge >= 0.3 is 0 Å². The lowest BCUT2D eigenvalue weighted by molar-refractivity contribution is 0.0278. The number of hydrogen-bond donors (Lipinski definition) is 0. The average molecular weight is 331 g/mol. The molecule has 2 fully saturated rings. The van der Waals surface area contributed by atoms with Crippen LogP contribution < -0.4 is 0 Å². The SMILES string of the molecule is Cc1cccnc1C(=O)N(CCCN1CCCC1)C1CCOCC1. The number of nitrogens with zero attached hydrogens (tertiary/aromatic N) is 3. The van der Waals surface area contributed by atoms with Gasteiger partial charge in [0.2, 0.25) is 0 Å². The number of amides is 1. The minimum atomic E-state index is 0.0846. The Bertz CT molecular complexity index is 537. The standard InChI is InChI=1S/C19H29N3O2/c1-16-6-4-9-20-18(16)19(23)22(17-7-14-24-15-8-17)13-5-12-21-10-2-3-11-21/h4,6,9,17H,2-3,5,7-8,10-15H2,1H3. The Balaban J connectivity index is 1.66. The van der Waals surface area contributed by atoms with E-state index in [0.717, 1.165) is 51.1 Å². The van der Waals surface area contributed by atoms with E-state index in [4.69, 9.17) is 4.74 Å². The first-order chi connectivity index (χ1) is 11.8. The van der Waals surface area contributed by atoms with Gasteiger partial charge in [-0.3, -0.25) is 9.78 Å². The van der Waals surface area contributed by atoms with Gasteiger partial charge in [-0.15, -0.1) is 0 Å². The molecule has 0 saturated carbocycles. The van der Waals surface area contributed by atoms with Crippen LogP contribution in [0.25, 0.3) is 0 Å². The number of likely N-dealkylation sites (tertiary alicyclic amines) is 1. The molecule has 0 unspecified atom stereocenters. The zero-order valence-corrected chi connectivity index (χ0v) is 14.7. The number of carbonyl (C=O) groups excluding carboxylic acids is 1. The highest BCUT2D eigenvalue weighted by atomic mass is 16.5. The van der Waals surface area contributed by atoms with Crippen LogP contribution in [-0.2, 0) is 4.74 Å². The van der Waals surface area contributed by atoms with Crippen molar-refractivity contribution in [2.24, 2.45) is 0 Å². The molecule has 0 radical (unpaired) electrons. The van der Waals surface area contributed by atoms with Crippen molar-refractivity contribution in [3.05, 3.63) is 29.6 Å². The van der Waals surface area contributed by atoms with E-state index < -0.39 is 0 Å². The molecule has 0 N–H and O–H groups in total. The smallest absolute Gasteiger partial charge is 0.272 e. The van der Waals surface area contributed by atoms with Crippen molar-refractivity contribution < 1.29 is 9.53 Å². The van der Waals surface area contributed by atoms with Crippen molar-refractivity contribution in [3.63, 3.8) is 0 Å². The second kappa shape index (κ2) is 8.58. The molecule has 2 saturated heterocycles. The fourth-order valence-corrected chi connectivity index (χ4v) is 3.76. The lowest BCUT2D eigenvalue weighted by Crippen LogP contribution is -2.45. The topological polar surface area (TPSA) is 45.7 Å². The van der Waals surface area contributed by atoms with Gasteiger partial charge in [0, 0.05) is 32.0 Å². The van der Waals surface area contributed by atoms with E-state index in [2.05, 4.69) is 14.8 Å². The molecule has 1 aromatic rings. The number of pyridine rings is 1. The van der Waals surface area contributed by atoms with Crippen LogP contribution in [0, 0.1) is 6.92 Å². The molecule has 3 heterocycles. The highest BCUT2D eigenvalue weighted by molar-refractivity contribution is 5.93. The maximum absolute atomic E-state index is 13.1. The third kappa shape index (κ3) is 4.33. The summed E-state index contributed by atoms with van der Waals surface area (Å²) >= 11 is 0. The minimum absolute atomic E-state index is 0.0846. The van der Waals surface area contributed by atoms with Gasteiger partial charge in [0.15, 0.2) is 0 Å². The number of rotatable bonds is 6. The molecule has 132 valence electrons. The van der Waals surface area contributed by atoms with Crippen LogP contribution in [0.4, 0.5) is 0 Å². The van der Waals surface area contributed by atoms with Crippen LogP contribution in [0.1, 0.15) is 48.2 Å². The minimum Gasteiger partial charge on any atom is -0.381 e. The van der Waals surface area contributed by atoms with Crippen LogP contribution in [0.3, 0.4) is 0 Å². The Hall–Kier alpha value is -1.46. The van der Waals surface area contributed by atoms with E-state index in [1.54, 1.807) is 6.20 Å². The van der Waals surface area contributed by atoms with Gasteiger partial charge in [0.1, 0.15) is 5.69 Å². The molecule has 1 amide bonds. The van der Waals surface area contributed by atoms with Crippen molar-refractivity contribution in [1.82, 2.24) is 14.8 Å². The first-order valence-electron chi connectivity index (χ1n) is 9.28. The molecule has 2 aliphatic rings. The van der Waals surface area contributed by atoms with Gasteiger partial charge in [-0.2, -0.15) is 0 Å². The summed E-state index contributed by atoms with van der Waals surface area (Å²) in [6, 6.07) is 4.14. The van der Waals surface area contributed by atoms with Crippen LogP contribution in [0.5, 0.6) is 0 Å². The van der Waals surface area contributed by atoms with Gasteiger partial charge in [-0.1, -0.05) is 6.07 Å². The molecule has 0 atom stereocenters. The molecule has 0 aliphatic carbocycles. The van der Waals surface area contributed by atoms with E-state index in [1.165, 1.54) is 25.9 Å². The van der Waals surface area contributed by atoms with Gasteiger partial charge in [0.05, 0.1) is 0 Å². The predicted molar refractivity (Wildman–Crippen MR) is 94.1 cm³/mol. The molecule has 0 aromatic carbocycles. The second-order valence-electron chi connectivity index (χ2n) is 6.91. The van der Waals surface area contributed by atoms with Gasteiger partial charge in [0.25, 0.3) is 5.91 Å². The Labute approximate surface area is 145 Å². The van der Waals surface area contributed by atoms with Crippen LogP contribution >= 0.6 is 0 Å². The van der Waals surface area contributed by atoms with E-state index in [0.29, 0.717) is 5.69 Å². The molecule has 3 rings (SSSR count).